The highest BCUT2D eigenvalue weighted by Gasteiger charge is 2.31. The van der Waals surface area contributed by atoms with E-state index in [0.29, 0.717) is 19.6 Å². The molecule has 1 amide bonds. The van der Waals surface area contributed by atoms with E-state index in [1.807, 2.05) is 45.0 Å². The zero-order chi connectivity index (χ0) is 19.0. The Labute approximate surface area is 158 Å². The van der Waals surface area contributed by atoms with Gasteiger partial charge in [-0.1, -0.05) is 13.8 Å². The summed E-state index contributed by atoms with van der Waals surface area (Å²) in [5.74, 6) is 1.50. The molecule has 26 heavy (non-hydrogen) atoms. The maximum atomic E-state index is 12.4. The van der Waals surface area contributed by atoms with E-state index < -0.39 is 5.60 Å². The number of carbonyl (C=O) groups excluding carboxylic acids is 1. The lowest BCUT2D eigenvalue weighted by Gasteiger charge is -2.30. The van der Waals surface area contributed by atoms with Crippen LogP contribution in [0, 0.1) is 5.92 Å². The minimum absolute atomic E-state index is 0.116. The van der Waals surface area contributed by atoms with E-state index in [1.54, 1.807) is 0 Å². The standard InChI is InChI=1S/C21H34N2O3/c1-5-21(4,26-6-2)20(24)22-18-9-11-19(12-10-18)25-15-14-23-13-7-8-17(3)16-23/h9-12,17H,5-8,13-16H2,1-4H3,(H,22,24)/t17-,21+/m1/s1. The van der Waals surface area contributed by atoms with E-state index in [2.05, 4.69) is 17.1 Å². The first-order valence-corrected chi connectivity index (χ1v) is 9.87. The molecule has 1 saturated heterocycles. The van der Waals surface area contributed by atoms with Gasteiger partial charge < -0.3 is 14.8 Å². The van der Waals surface area contributed by atoms with Crippen molar-refractivity contribution in [3.05, 3.63) is 24.3 Å². The summed E-state index contributed by atoms with van der Waals surface area (Å²) in [5.41, 5.74) is -0.0400. The maximum absolute atomic E-state index is 12.4. The number of nitrogens with zero attached hydrogens (tertiary/aromatic N) is 1. The Morgan fingerprint density at radius 1 is 1.31 bits per heavy atom. The normalized spacial score (nSPS) is 20.4. The van der Waals surface area contributed by atoms with Crippen molar-refractivity contribution in [3.8, 4) is 5.75 Å². The first-order valence-electron chi connectivity index (χ1n) is 9.87. The summed E-state index contributed by atoms with van der Waals surface area (Å²) < 4.78 is 11.5. The van der Waals surface area contributed by atoms with Crippen molar-refractivity contribution >= 4 is 11.6 Å². The van der Waals surface area contributed by atoms with Crippen LogP contribution in [0.15, 0.2) is 24.3 Å². The third-order valence-corrected chi connectivity index (χ3v) is 5.15. The second-order valence-corrected chi connectivity index (χ2v) is 7.39. The number of hydrogen-bond donors (Lipinski definition) is 1. The maximum Gasteiger partial charge on any atom is 0.256 e. The number of anilines is 1. The lowest BCUT2D eigenvalue weighted by atomic mass is 10.0. The number of rotatable bonds is 9. The highest BCUT2D eigenvalue weighted by molar-refractivity contribution is 5.97. The zero-order valence-electron chi connectivity index (χ0n) is 16.7. The Balaban J connectivity index is 1.79. The minimum Gasteiger partial charge on any atom is -0.492 e. The second-order valence-electron chi connectivity index (χ2n) is 7.39. The number of ether oxygens (including phenoxy) is 2. The fourth-order valence-corrected chi connectivity index (χ4v) is 3.33. The van der Waals surface area contributed by atoms with Gasteiger partial charge >= 0.3 is 0 Å². The smallest absolute Gasteiger partial charge is 0.256 e. The van der Waals surface area contributed by atoms with Crippen LogP contribution < -0.4 is 10.1 Å². The molecule has 0 spiro atoms. The van der Waals surface area contributed by atoms with Crippen LogP contribution in [-0.2, 0) is 9.53 Å². The predicted molar refractivity (Wildman–Crippen MR) is 106 cm³/mol. The minimum atomic E-state index is -0.796. The molecule has 5 nitrogen and oxygen atoms in total. The molecule has 0 radical (unpaired) electrons. The number of hydrogen-bond acceptors (Lipinski definition) is 4. The van der Waals surface area contributed by atoms with Gasteiger partial charge in [0.2, 0.25) is 0 Å². The molecule has 2 rings (SSSR count). The molecule has 0 saturated carbocycles. The van der Waals surface area contributed by atoms with Crippen LogP contribution in [0.1, 0.15) is 47.0 Å². The lowest BCUT2D eigenvalue weighted by Crippen LogP contribution is -2.42. The molecule has 1 heterocycles. The van der Waals surface area contributed by atoms with Crippen LogP contribution in [0.5, 0.6) is 5.75 Å². The number of benzene rings is 1. The number of amides is 1. The van der Waals surface area contributed by atoms with Crippen LogP contribution >= 0.6 is 0 Å². The monoisotopic (exact) mass is 362 g/mol. The summed E-state index contributed by atoms with van der Waals surface area (Å²) in [5, 5.41) is 2.93. The Kier molecular flexibility index (Phi) is 7.91. The largest absolute Gasteiger partial charge is 0.492 e. The van der Waals surface area contributed by atoms with Crippen molar-refractivity contribution in [2.75, 3.05) is 38.2 Å². The molecule has 0 unspecified atom stereocenters. The number of carbonyl (C=O) groups is 1. The SMILES string of the molecule is CCO[C@@](C)(CC)C(=O)Nc1ccc(OCCN2CCC[C@@H](C)C2)cc1. The van der Waals surface area contributed by atoms with Crippen molar-refractivity contribution in [1.29, 1.82) is 0 Å². The fraction of sp³-hybridized carbons (Fsp3) is 0.667. The van der Waals surface area contributed by atoms with Crippen LogP contribution in [0.2, 0.25) is 0 Å². The van der Waals surface area contributed by atoms with Gasteiger partial charge in [-0.05, 0) is 69.8 Å². The van der Waals surface area contributed by atoms with E-state index in [-0.39, 0.29) is 5.91 Å². The first-order chi connectivity index (χ1) is 12.5. The molecule has 1 fully saturated rings. The lowest BCUT2D eigenvalue weighted by molar-refractivity contribution is -0.139. The molecule has 146 valence electrons. The number of nitrogens with one attached hydrogen (secondary N) is 1. The molecule has 0 bridgehead atoms. The zero-order valence-corrected chi connectivity index (χ0v) is 16.7. The number of likely N-dealkylation sites (tertiary alicyclic amines) is 1. The average molecular weight is 363 g/mol. The van der Waals surface area contributed by atoms with Crippen molar-refractivity contribution in [3.63, 3.8) is 0 Å². The summed E-state index contributed by atoms with van der Waals surface area (Å²) in [6.07, 6.45) is 3.25. The molecule has 1 N–H and O–H groups in total. The van der Waals surface area contributed by atoms with Gasteiger partial charge in [0.1, 0.15) is 18.0 Å². The second kappa shape index (κ2) is 9.93. The highest BCUT2D eigenvalue weighted by atomic mass is 16.5. The summed E-state index contributed by atoms with van der Waals surface area (Å²) in [7, 11) is 0. The molecular formula is C21H34N2O3. The Hall–Kier alpha value is -1.59. The average Bonchev–Trinajstić information content (AvgIpc) is 2.63. The van der Waals surface area contributed by atoms with E-state index in [1.165, 1.54) is 25.9 Å². The molecule has 0 aliphatic carbocycles. The Morgan fingerprint density at radius 3 is 2.65 bits per heavy atom. The molecule has 1 aromatic carbocycles. The van der Waals surface area contributed by atoms with E-state index in [4.69, 9.17) is 9.47 Å². The van der Waals surface area contributed by atoms with Crippen molar-refractivity contribution in [2.45, 2.75) is 52.6 Å². The number of piperidine rings is 1. The van der Waals surface area contributed by atoms with Crippen LogP contribution in [0.3, 0.4) is 0 Å². The quantitative estimate of drug-likeness (QED) is 0.723. The Bertz CT molecular complexity index is 561. The molecule has 0 aromatic heterocycles. The molecular weight excluding hydrogens is 328 g/mol. The van der Waals surface area contributed by atoms with Crippen molar-refractivity contribution in [1.82, 2.24) is 4.90 Å². The van der Waals surface area contributed by atoms with E-state index >= 15 is 0 Å². The van der Waals surface area contributed by atoms with Gasteiger partial charge in [0.05, 0.1) is 0 Å². The Morgan fingerprint density at radius 2 is 2.04 bits per heavy atom. The van der Waals surface area contributed by atoms with Crippen LogP contribution in [-0.4, -0.2) is 49.3 Å². The van der Waals surface area contributed by atoms with Gasteiger partial charge in [-0.2, -0.15) is 0 Å². The van der Waals surface area contributed by atoms with Gasteiger partial charge in [0, 0.05) is 25.4 Å². The van der Waals surface area contributed by atoms with Gasteiger partial charge in [0.25, 0.3) is 5.91 Å². The molecule has 1 aliphatic rings. The van der Waals surface area contributed by atoms with E-state index in [9.17, 15) is 4.79 Å². The summed E-state index contributed by atoms with van der Waals surface area (Å²) >= 11 is 0. The van der Waals surface area contributed by atoms with Crippen LogP contribution in [0.4, 0.5) is 5.69 Å². The third-order valence-electron chi connectivity index (χ3n) is 5.15. The van der Waals surface area contributed by atoms with Crippen LogP contribution in [0.25, 0.3) is 0 Å². The summed E-state index contributed by atoms with van der Waals surface area (Å²) in [6.45, 7) is 12.5. The first kappa shape index (κ1) is 20.7. The predicted octanol–water partition coefficient (Wildman–Crippen LogP) is 3.94. The summed E-state index contributed by atoms with van der Waals surface area (Å²) in [6, 6.07) is 7.55. The molecule has 1 aromatic rings. The van der Waals surface area contributed by atoms with E-state index in [0.717, 1.165) is 23.9 Å². The summed E-state index contributed by atoms with van der Waals surface area (Å²) in [4.78, 5) is 14.9. The van der Waals surface area contributed by atoms with Gasteiger partial charge in [-0.25, -0.2) is 0 Å². The van der Waals surface area contributed by atoms with Gasteiger partial charge in [-0.15, -0.1) is 0 Å². The van der Waals surface area contributed by atoms with Crippen molar-refractivity contribution in [2.24, 2.45) is 5.92 Å². The highest BCUT2D eigenvalue weighted by Crippen LogP contribution is 2.21. The van der Waals surface area contributed by atoms with Gasteiger partial charge in [-0.3, -0.25) is 9.69 Å². The topological polar surface area (TPSA) is 50.8 Å². The van der Waals surface area contributed by atoms with Crippen molar-refractivity contribution < 1.29 is 14.3 Å². The molecule has 5 heteroatoms. The molecule has 2 atom stereocenters. The third kappa shape index (κ3) is 5.99. The fourth-order valence-electron chi connectivity index (χ4n) is 3.33. The molecule has 1 aliphatic heterocycles. The van der Waals surface area contributed by atoms with Gasteiger partial charge in [0.15, 0.2) is 0 Å².